The third-order valence-corrected chi connectivity index (χ3v) is 3.81. The fraction of sp³-hybridized carbons (Fsp3) is 0.400. The highest BCUT2D eigenvalue weighted by Gasteiger charge is 2.10. The largest absolute Gasteiger partial charge is 0.493 e. The summed E-state index contributed by atoms with van der Waals surface area (Å²) in [5.74, 6) is 1.62. The van der Waals surface area contributed by atoms with E-state index < -0.39 is 0 Å². The Labute approximate surface area is 151 Å². The molecule has 0 heterocycles. The second-order valence-electron chi connectivity index (χ2n) is 5.75. The molecule has 24 heavy (non-hydrogen) atoms. The predicted octanol–water partition coefficient (Wildman–Crippen LogP) is 4.89. The van der Waals surface area contributed by atoms with Crippen LogP contribution in [0, 0.1) is 6.92 Å². The minimum Gasteiger partial charge on any atom is -0.493 e. The molecule has 3 nitrogen and oxygen atoms in total. The summed E-state index contributed by atoms with van der Waals surface area (Å²) in [6.45, 7) is 6.64. The first-order chi connectivity index (χ1) is 11.2. The number of ether oxygens (including phenoxy) is 2. The lowest BCUT2D eigenvalue weighted by Gasteiger charge is -2.16. The van der Waals surface area contributed by atoms with Crippen LogP contribution in [0.25, 0.3) is 0 Å². The normalized spacial score (nSPS) is 10.1. The number of aryl methyl sites for hydroxylation is 1. The molecule has 0 unspecified atom stereocenters. The van der Waals surface area contributed by atoms with E-state index in [1.165, 1.54) is 18.4 Å². The Morgan fingerprint density at radius 2 is 1.79 bits per heavy atom. The predicted molar refractivity (Wildman–Crippen MR) is 102 cm³/mol. The Hall–Kier alpha value is -1.71. The van der Waals surface area contributed by atoms with Crippen LogP contribution in [-0.2, 0) is 13.2 Å². The highest BCUT2D eigenvalue weighted by molar-refractivity contribution is 5.85. The highest BCUT2D eigenvalue weighted by Crippen LogP contribution is 2.31. The van der Waals surface area contributed by atoms with Crippen LogP contribution < -0.4 is 14.8 Å². The highest BCUT2D eigenvalue weighted by atomic mass is 35.5. The molecule has 0 saturated heterocycles. The van der Waals surface area contributed by atoms with Crippen molar-refractivity contribution in [1.29, 1.82) is 0 Å². The number of hydrogen-bond acceptors (Lipinski definition) is 3. The van der Waals surface area contributed by atoms with Crippen molar-refractivity contribution >= 4 is 12.4 Å². The molecular formula is C20H28ClNO2. The molecular weight excluding hydrogens is 322 g/mol. The van der Waals surface area contributed by atoms with Gasteiger partial charge in [-0.3, -0.25) is 0 Å². The number of benzene rings is 2. The molecule has 0 aliphatic carbocycles. The lowest BCUT2D eigenvalue weighted by atomic mass is 10.1. The smallest absolute Gasteiger partial charge is 0.166 e. The van der Waals surface area contributed by atoms with E-state index >= 15 is 0 Å². The fourth-order valence-electron chi connectivity index (χ4n) is 2.39. The van der Waals surface area contributed by atoms with Gasteiger partial charge in [0, 0.05) is 12.1 Å². The van der Waals surface area contributed by atoms with Crippen LogP contribution in [0.1, 0.15) is 36.5 Å². The number of para-hydroxylation sites is 1. The van der Waals surface area contributed by atoms with Gasteiger partial charge in [-0.25, -0.2) is 0 Å². The number of methoxy groups -OCH3 is 1. The molecule has 0 spiro atoms. The number of halogens is 1. The van der Waals surface area contributed by atoms with Crippen LogP contribution in [-0.4, -0.2) is 13.7 Å². The molecule has 0 atom stereocenters. The second kappa shape index (κ2) is 11.0. The van der Waals surface area contributed by atoms with E-state index in [9.17, 15) is 0 Å². The summed E-state index contributed by atoms with van der Waals surface area (Å²) < 4.78 is 11.5. The van der Waals surface area contributed by atoms with Crippen LogP contribution in [0.4, 0.5) is 0 Å². The van der Waals surface area contributed by atoms with Crippen molar-refractivity contribution in [1.82, 2.24) is 5.32 Å². The number of unbranched alkanes of at least 4 members (excludes halogenated alkanes) is 1. The van der Waals surface area contributed by atoms with Crippen molar-refractivity contribution in [3.05, 3.63) is 59.2 Å². The third-order valence-electron chi connectivity index (χ3n) is 3.81. The molecule has 2 aromatic carbocycles. The molecule has 0 saturated carbocycles. The molecule has 2 rings (SSSR count). The van der Waals surface area contributed by atoms with Gasteiger partial charge in [-0.1, -0.05) is 55.3 Å². The number of nitrogens with one attached hydrogen (secondary N) is 1. The summed E-state index contributed by atoms with van der Waals surface area (Å²) in [7, 11) is 1.68. The average Bonchev–Trinajstić information content (AvgIpc) is 2.58. The molecule has 0 radical (unpaired) electrons. The van der Waals surface area contributed by atoms with Gasteiger partial charge in [-0.2, -0.15) is 0 Å². The van der Waals surface area contributed by atoms with Crippen molar-refractivity contribution in [3.63, 3.8) is 0 Å². The first-order valence-corrected chi connectivity index (χ1v) is 8.29. The Balaban J connectivity index is 0.00000288. The number of rotatable bonds is 9. The molecule has 4 heteroatoms. The SMILES string of the molecule is CCCCNCc1cccc(OC)c1OCc1ccc(C)cc1.Cl. The second-order valence-corrected chi connectivity index (χ2v) is 5.75. The van der Waals surface area contributed by atoms with Gasteiger partial charge in [0.1, 0.15) is 6.61 Å². The topological polar surface area (TPSA) is 30.5 Å². The van der Waals surface area contributed by atoms with E-state index in [0.29, 0.717) is 6.61 Å². The van der Waals surface area contributed by atoms with Crippen molar-refractivity contribution < 1.29 is 9.47 Å². The minimum absolute atomic E-state index is 0. The van der Waals surface area contributed by atoms with Gasteiger partial charge in [0.05, 0.1) is 7.11 Å². The van der Waals surface area contributed by atoms with Crippen LogP contribution in [0.15, 0.2) is 42.5 Å². The maximum Gasteiger partial charge on any atom is 0.166 e. The van der Waals surface area contributed by atoms with Crippen LogP contribution in [0.2, 0.25) is 0 Å². The first-order valence-electron chi connectivity index (χ1n) is 8.29. The molecule has 0 bridgehead atoms. The monoisotopic (exact) mass is 349 g/mol. The summed E-state index contributed by atoms with van der Waals surface area (Å²) >= 11 is 0. The van der Waals surface area contributed by atoms with Gasteiger partial charge in [0.2, 0.25) is 0 Å². The van der Waals surface area contributed by atoms with Crippen molar-refractivity contribution in [3.8, 4) is 11.5 Å². The lowest BCUT2D eigenvalue weighted by Crippen LogP contribution is -2.15. The molecule has 0 aliphatic heterocycles. The molecule has 0 amide bonds. The van der Waals surface area contributed by atoms with E-state index in [1.54, 1.807) is 7.11 Å². The summed E-state index contributed by atoms with van der Waals surface area (Å²) in [5.41, 5.74) is 3.55. The Morgan fingerprint density at radius 3 is 2.46 bits per heavy atom. The van der Waals surface area contributed by atoms with Crippen LogP contribution >= 0.6 is 12.4 Å². The summed E-state index contributed by atoms with van der Waals surface area (Å²) in [6.07, 6.45) is 2.38. The van der Waals surface area contributed by atoms with Crippen LogP contribution in [0.5, 0.6) is 11.5 Å². The van der Waals surface area contributed by atoms with E-state index in [1.807, 2.05) is 12.1 Å². The quantitative estimate of drug-likeness (QED) is 0.653. The summed E-state index contributed by atoms with van der Waals surface area (Å²) in [6, 6.07) is 14.5. The van der Waals surface area contributed by atoms with E-state index in [2.05, 4.69) is 49.5 Å². The zero-order valence-electron chi connectivity index (χ0n) is 14.8. The minimum atomic E-state index is 0. The van der Waals surface area contributed by atoms with Gasteiger partial charge >= 0.3 is 0 Å². The number of hydrogen-bond donors (Lipinski definition) is 1. The van der Waals surface area contributed by atoms with E-state index in [4.69, 9.17) is 9.47 Å². The molecule has 0 aliphatic rings. The van der Waals surface area contributed by atoms with Crippen LogP contribution in [0.3, 0.4) is 0 Å². The molecule has 132 valence electrons. The fourth-order valence-corrected chi connectivity index (χ4v) is 2.39. The van der Waals surface area contributed by atoms with Gasteiger partial charge in [-0.05, 0) is 31.5 Å². The molecule has 1 N–H and O–H groups in total. The average molecular weight is 350 g/mol. The van der Waals surface area contributed by atoms with Gasteiger partial charge in [0.15, 0.2) is 11.5 Å². The molecule has 0 aromatic heterocycles. The van der Waals surface area contributed by atoms with Gasteiger partial charge < -0.3 is 14.8 Å². The van der Waals surface area contributed by atoms with Crippen molar-refractivity contribution in [2.45, 2.75) is 39.8 Å². The Kier molecular flexibility index (Phi) is 9.28. The van der Waals surface area contributed by atoms with Gasteiger partial charge in [-0.15, -0.1) is 12.4 Å². The first kappa shape index (κ1) is 20.3. The third kappa shape index (κ3) is 6.06. The summed E-state index contributed by atoms with van der Waals surface area (Å²) in [5, 5.41) is 3.46. The van der Waals surface area contributed by atoms with Crippen molar-refractivity contribution in [2.75, 3.05) is 13.7 Å². The summed E-state index contributed by atoms with van der Waals surface area (Å²) in [4.78, 5) is 0. The zero-order valence-corrected chi connectivity index (χ0v) is 15.6. The van der Waals surface area contributed by atoms with E-state index in [-0.39, 0.29) is 12.4 Å². The van der Waals surface area contributed by atoms with Crippen molar-refractivity contribution in [2.24, 2.45) is 0 Å². The maximum absolute atomic E-state index is 6.08. The molecule has 2 aromatic rings. The maximum atomic E-state index is 6.08. The van der Waals surface area contributed by atoms with Gasteiger partial charge in [0.25, 0.3) is 0 Å². The standard InChI is InChI=1S/C20H27NO2.ClH/c1-4-5-13-21-14-18-7-6-8-19(22-3)20(18)23-15-17-11-9-16(2)10-12-17;/h6-12,21H,4-5,13-15H2,1-3H3;1H. The van der Waals surface area contributed by atoms with E-state index in [0.717, 1.165) is 35.7 Å². The lowest BCUT2D eigenvalue weighted by molar-refractivity contribution is 0.280. The Bertz CT molecular complexity index is 599. The Morgan fingerprint density at radius 1 is 1.04 bits per heavy atom. The molecule has 0 fully saturated rings. The zero-order chi connectivity index (χ0) is 16.5.